The van der Waals surface area contributed by atoms with E-state index in [9.17, 15) is 14.3 Å². The van der Waals surface area contributed by atoms with Crippen LogP contribution in [0.2, 0.25) is 0 Å². The summed E-state index contributed by atoms with van der Waals surface area (Å²) in [5, 5.41) is 24.4. The number of aromatic nitrogens is 1. The van der Waals surface area contributed by atoms with Crippen LogP contribution in [0.4, 0.5) is 20.6 Å². The van der Waals surface area contributed by atoms with Crippen LogP contribution in [0.25, 0.3) is 0 Å². The second-order valence-corrected chi connectivity index (χ2v) is 9.18. The van der Waals surface area contributed by atoms with Gasteiger partial charge in [-0.25, -0.2) is 9.18 Å². The van der Waals surface area contributed by atoms with Crippen LogP contribution in [-0.4, -0.2) is 35.1 Å². The smallest absolute Gasteiger partial charge is 0.412 e. The van der Waals surface area contributed by atoms with Crippen molar-refractivity contribution in [1.82, 2.24) is 4.98 Å². The molecule has 0 aliphatic heterocycles. The number of methoxy groups -OCH3 is 1. The number of aliphatic hydroxyl groups is 1. The summed E-state index contributed by atoms with van der Waals surface area (Å²) in [4.78, 5) is 16.3. The molecule has 0 saturated carbocycles. The molecule has 30 heavy (non-hydrogen) atoms. The van der Waals surface area contributed by atoms with Gasteiger partial charge in [0.1, 0.15) is 23.3 Å². The molecule has 0 aliphatic carbocycles. The second-order valence-electron chi connectivity index (χ2n) is 7.12. The fourth-order valence-corrected chi connectivity index (χ4v) is 3.90. The third-order valence-electron chi connectivity index (χ3n) is 3.92. The average molecular weight is 548 g/mol. The Morgan fingerprint density at radius 2 is 2.10 bits per heavy atom. The minimum atomic E-state index is -1.34. The van der Waals surface area contributed by atoms with Crippen molar-refractivity contribution in [3.63, 3.8) is 0 Å². The molecule has 0 radical (unpaired) electrons. The van der Waals surface area contributed by atoms with Gasteiger partial charge in [0.15, 0.2) is 0 Å². The Labute approximate surface area is 188 Å². The molecule has 0 aliphatic rings. The molecule has 1 amide bonds. The predicted octanol–water partition coefficient (Wildman–Crippen LogP) is 5.01. The number of carbonyl (C=O) groups is 1. The lowest BCUT2D eigenvalue weighted by atomic mass is 9.95. The molecular formula is C19H23FIN4O4P. The first kappa shape index (κ1) is 24.2. The van der Waals surface area contributed by atoms with Gasteiger partial charge < -0.3 is 25.1 Å². The third-order valence-corrected chi connectivity index (χ3v) is 5.07. The molecule has 8 nitrogen and oxygen atoms in total. The van der Waals surface area contributed by atoms with E-state index in [0.717, 1.165) is 6.21 Å². The van der Waals surface area contributed by atoms with Gasteiger partial charge in [0.2, 0.25) is 0 Å². The number of ether oxygens (including phenoxy) is 2. The van der Waals surface area contributed by atoms with Crippen molar-refractivity contribution in [2.45, 2.75) is 32.5 Å². The number of carbonyl (C=O) groups excluding carboxylic acids is 1. The Morgan fingerprint density at radius 1 is 1.40 bits per heavy atom. The molecule has 1 heterocycles. The Bertz CT molecular complexity index is 939. The maximum absolute atomic E-state index is 14.3. The van der Waals surface area contributed by atoms with Crippen LogP contribution >= 0.6 is 28.4 Å². The summed E-state index contributed by atoms with van der Waals surface area (Å²) in [6.07, 6.45) is 1.79. The Morgan fingerprint density at radius 3 is 2.67 bits per heavy atom. The lowest BCUT2D eigenvalue weighted by molar-refractivity contribution is 0.0635. The third kappa shape index (κ3) is 5.77. The van der Waals surface area contributed by atoms with Crippen molar-refractivity contribution in [2.75, 3.05) is 17.5 Å². The highest BCUT2D eigenvalue weighted by Crippen LogP contribution is 2.39. The number of rotatable bonds is 7. The lowest BCUT2D eigenvalue weighted by Crippen LogP contribution is -2.28. The van der Waals surface area contributed by atoms with Crippen molar-refractivity contribution in [1.29, 1.82) is 5.41 Å². The molecule has 4 N–H and O–H groups in total. The highest BCUT2D eigenvalue weighted by Gasteiger charge is 2.26. The zero-order valence-electron chi connectivity index (χ0n) is 16.8. The zero-order chi connectivity index (χ0) is 22.5. The summed E-state index contributed by atoms with van der Waals surface area (Å²) in [6, 6.07) is 2.60. The van der Waals surface area contributed by atoms with E-state index in [-0.39, 0.29) is 40.2 Å². The quantitative estimate of drug-likeness (QED) is 0.220. The van der Waals surface area contributed by atoms with Gasteiger partial charge in [0.05, 0.1) is 36.4 Å². The van der Waals surface area contributed by atoms with Gasteiger partial charge in [0, 0.05) is 18.2 Å². The number of benzene rings is 1. The molecule has 1 aromatic heterocycles. The van der Waals surface area contributed by atoms with E-state index in [4.69, 9.17) is 14.9 Å². The van der Waals surface area contributed by atoms with E-state index >= 15 is 0 Å². The summed E-state index contributed by atoms with van der Waals surface area (Å²) in [5.41, 5.74) is 0.218. The fourth-order valence-electron chi connectivity index (χ4n) is 2.74. The topological polar surface area (TPSA) is 117 Å². The maximum atomic E-state index is 14.3. The molecule has 162 valence electrons. The predicted molar refractivity (Wildman–Crippen MR) is 125 cm³/mol. The summed E-state index contributed by atoms with van der Waals surface area (Å²) in [7, 11) is 1.40. The van der Waals surface area contributed by atoms with Crippen LogP contribution in [-0.2, 0) is 4.74 Å². The summed E-state index contributed by atoms with van der Waals surface area (Å²) >= 11 is 2.04. The van der Waals surface area contributed by atoms with Gasteiger partial charge >= 0.3 is 6.09 Å². The van der Waals surface area contributed by atoms with Crippen LogP contribution in [0, 0.1) is 11.2 Å². The summed E-state index contributed by atoms with van der Waals surface area (Å²) < 4.78 is 24.9. The van der Waals surface area contributed by atoms with Crippen molar-refractivity contribution < 1.29 is 23.8 Å². The van der Waals surface area contributed by atoms with Gasteiger partial charge in [0.25, 0.3) is 0 Å². The standard InChI is InChI=1S/C19H23FIN4O4P/c1-19(2,3)29-18(27)24-13-8-23-9-14(28-4)15(13)17(26)10-5-6-12(20)16(25-30-21)11(10)7-22/h5-9,17,22,25-26,30H,1-4H3,(H,24,27). The number of hydrogen-bond donors (Lipinski definition) is 4. The normalized spacial score (nSPS) is 12.5. The number of pyridine rings is 1. The summed E-state index contributed by atoms with van der Waals surface area (Å²) in [5.74, 6) is -0.330. The SMILES string of the molecule is COc1cncc(NC(=O)OC(C)(C)C)c1C(O)c1ccc(F)c(NPI)c1C=N. The van der Waals surface area contributed by atoms with Crippen molar-refractivity contribution in [3.05, 3.63) is 47.0 Å². The highest BCUT2D eigenvalue weighted by atomic mass is 127. The summed E-state index contributed by atoms with van der Waals surface area (Å²) in [6.45, 7) is 5.18. The van der Waals surface area contributed by atoms with Gasteiger partial charge in [-0.05, 0) is 54.4 Å². The Kier molecular flexibility index (Phi) is 8.34. The number of aliphatic hydroxyl groups excluding tert-OH is 1. The van der Waals surface area contributed by atoms with Crippen molar-refractivity contribution in [2.24, 2.45) is 0 Å². The van der Waals surface area contributed by atoms with E-state index in [1.807, 2.05) is 22.0 Å². The van der Waals surface area contributed by atoms with Crippen LogP contribution in [0.1, 0.15) is 43.6 Å². The number of halogens is 2. The number of nitrogens with one attached hydrogen (secondary N) is 3. The van der Waals surface area contributed by atoms with Gasteiger partial charge in [-0.1, -0.05) is 6.07 Å². The van der Waals surface area contributed by atoms with Crippen LogP contribution in [0.15, 0.2) is 24.5 Å². The monoisotopic (exact) mass is 548 g/mol. The van der Waals surface area contributed by atoms with Gasteiger partial charge in [-0.15, -0.1) is 0 Å². The molecule has 0 fully saturated rings. The first-order chi connectivity index (χ1) is 14.1. The number of anilines is 2. The van der Waals surface area contributed by atoms with Crippen LogP contribution < -0.4 is 15.1 Å². The maximum Gasteiger partial charge on any atom is 0.412 e. The molecule has 2 atom stereocenters. The Hall–Kier alpha value is -2.04. The molecule has 0 saturated heterocycles. The second kappa shape index (κ2) is 10.3. The number of amides is 1. The first-order valence-electron chi connectivity index (χ1n) is 8.77. The molecule has 0 spiro atoms. The molecule has 0 bridgehead atoms. The molecule has 11 heteroatoms. The first-order valence-corrected chi connectivity index (χ1v) is 12.9. The van der Waals surface area contributed by atoms with Crippen LogP contribution in [0.5, 0.6) is 5.75 Å². The highest BCUT2D eigenvalue weighted by molar-refractivity contribution is 14.2. The molecule has 2 unspecified atom stereocenters. The lowest BCUT2D eigenvalue weighted by Gasteiger charge is -2.23. The average Bonchev–Trinajstić information content (AvgIpc) is 2.67. The van der Waals surface area contributed by atoms with Crippen molar-refractivity contribution >= 4 is 52.1 Å². The van der Waals surface area contributed by atoms with Gasteiger partial charge in [-0.2, -0.15) is 0 Å². The molecule has 2 aromatic rings. The molecule has 2 rings (SSSR count). The minimum Gasteiger partial charge on any atom is -0.495 e. The van der Waals surface area contributed by atoms with Crippen molar-refractivity contribution in [3.8, 4) is 5.75 Å². The van der Waals surface area contributed by atoms with E-state index in [0.29, 0.717) is 0 Å². The largest absolute Gasteiger partial charge is 0.495 e. The minimum absolute atomic E-state index is 0.115. The Balaban J connectivity index is 2.57. The fraction of sp³-hybridized carbons (Fsp3) is 0.316. The number of nitrogens with zero attached hydrogens (tertiary/aromatic N) is 1. The van der Waals surface area contributed by atoms with Gasteiger partial charge in [-0.3, -0.25) is 10.3 Å². The van der Waals surface area contributed by atoms with E-state index in [1.165, 1.54) is 31.6 Å². The van der Waals surface area contributed by atoms with E-state index in [2.05, 4.69) is 15.4 Å². The zero-order valence-corrected chi connectivity index (χ0v) is 20.0. The number of hydrogen-bond acceptors (Lipinski definition) is 7. The van der Waals surface area contributed by atoms with Crippen LogP contribution in [0.3, 0.4) is 0 Å². The molecular weight excluding hydrogens is 525 g/mol. The van der Waals surface area contributed by atoms with E-state index in [1.54, 1.807) is 20.8 Å². The molecule has 1 aromatic carbocycles. The van der Waals surface area contributed by atoms with E-state index < -0.39 is 23.6 Å².